The second-order valence-electron chi connectivity index (χ2n) is 5.54. The molecule has 0 aliphatic carbocycles. The molecule has 0 radical (unpaired) electrons. The van der Waals surface area contributed by atoms with Crippen molar-refractivity contribution in [2.24, 2.45) is 0 Å². The quantitative estimate of drug-likeness (QED) is 0.762. The first-order valence-electron chi connectivity index (χ1n) is 7.39. The van der Waals surface area contributed by atoms with Gasteiger partial charge in [0.1, 0.15) is 5.75 Å². The molecule has 1 unspecified atom stereocenters. The number of ether oxygens (including phenoxy) is 1. The summed E-state index contributed by atoms with van der Waals surface area (Å²) in [7, 11) is -3.04. The first-order valence-corrected chi connectivity index (χ1v) is 9.97. The Hall–Kier alpha value is -0.980. The van der Waals surface area contributed by atoms with Crippen molar-refractivity contribution in [3.63, 3.8) is 0 Å². The van der Waals surface area contributed by atoms with Crippen LogP contribution in [0.3, 0.4) is 0 Å². The number of benzene rings is 1. The second kappa shape index (κ2) is 7.73. The standard InChI is InChI=1S/C15H19Cl2NO4S/c1-2-4-18(13-3-5-23(20,21)10-13)15(19)9-22-14-7-11(16)6-12(17)8-14/h6-8,13H,2-5,9-10H2,1H3. The zero-order valence-corrected chi connectivity index (χ0v) is 15.1. The molecule has 0 N–H and O–H groups in total. The molecular formula is C15H19Cl2NO4S. The maximum atomic E-state index is 12.4. The van der Waals surface area contributed by atoms with E-state index in [1.807, 2.05) is 6.92 Å². The van der Waals surface area contributed by atoms with E-state index in [9.17, 15) is 13.2 Å². The van der Waals surface area contributed by atoms with Gasteiger partial charge in [-0.3, -0.25) is 4.79 Å². The summed E-state index contributed by atoms with van der Waals surface area (Å²) in [5.74, 6) is 0.342. The maximum Gasteiger partial charge on any atom is 0.260 e. The lowest BCUT2D eigenvalue weighted by Gasteiger charge is -2.27. The molecule has 1 heterocycles. The molecule has 23 heavy (non-hydrogen) atoms. The van der Waals surface area contributed by atoms with E-state index in [-0.39, 0.29) is 30.1 Å². The number of carbonyl (C=O) groups is 1. The van der Waals surface area contributed by atoms with Gasteiger partial charge < -0.3 is 9.64 Å². The van der Waals surface area contributed by atoms with Gasteiger partial charge in [0, 0.05) is 22.6 Å². The predicted octanol–water partition coefficient (Wildman–Crippen LogP) is 2.80. The number of carbonyl (C=O) groups excluding carboxylic acids is 1. The van der Waals surface area contributed by atoms with Crippen LogP contribution in [-0.2, 0) is 14.6 Å². The second-order valence-corrected chi connectivity index (χ2v) is 8.64. The minimum Gasteiger partial charge on any atom is -0.484 e. The van der Waals surface area contributed by atoms with Gasteiger partial charge in [0.05, 0.1) is 11.5 Å². The van der Waals surface area contributed by atoms with E-state index in [0.29, 0.717) is 28.8 Å². The lowest BCUT2D eigenvalue weighted by Crippen LogP contribution is -2.44. The molecule has 0 saturated carbocycles. The summed E-state index contributed by atoms with van der Waals surface area (Å²) in [6.07, 6.45) is 1.24. The molecule has 1 aromatic carbocycles. The van der Waals surface area contributed by atoms with E-state index >= 15 is 0 Å². The molecule has 0 bridgehead atoms. The number of hydrogen-bond donors (Lipinski definition) is 0. The molecule has 1 aliphatic rings. The largest absolute Gasteiger partial charge is 0.484 e. The average Bonchev–Trinajstić information content (AvgIpc) is 2.81. The molecule has 1 fully saturated rings. The third kappa shape index (κ3) is 5.26. The fraction of sp³-hybridized carbons (Fsp3) is 0.533. The molecule has 1 aromatic rings. The molecule has 0 aromatic heterocycles. The minimum absolute atomic E-state index is 0.0295. The van der Waals surface area contributed by atoms with Gasteiger partial charge in [-0.1, -0.05) is 30.1 Å². The predicted molar refractivity (Wildman–Crippen MR) is 91.0 cm³/mol. The fourth-order valence-electron chi connectivity index (χ4n) is 2.61. The van der Waals surface area contributed by atoms with Crippen molar-refractivity contribution in [1.29, 1.82) is 0 Å². The molecule has 1 aliphatic heterocycles. The number of sulfone groups is 1. The highest BCUT2D eigenvalue weighted by atomic mass is 35.5. The Morgan fingerprint density at radius 1 is 1.30 bits per heavy atom. The molecule has 8 heteroatoms. The number of rotatable bonds is 6. The first-order chi connectivity index (χ1) is 10.8. The Morgan fingerprint density at radius 2 is 1.96 bits per heavy atom. The lowest BCUT2D eigenvalue weighted by molar-refractivity contribution is -0.135. The average molecular weight is 380 g/mol. The van der Waals surface area contributed by atoms with Crippen molar-refractivity contribution in [1.82, 2.24) is 4.90 Å². The van der Waals surface area contributed by atoms with Crippen molar-refractivity contribution >= 4 is 38.9 Å². The zero-order valence-electron chi connectivity index (χ0n) is 12.8. The smallest absolute Gasteiger partial charge is 0.260 e. The Balaban J connectivity index is 2.01. The van der Waals surface area contributed by atoms with Crippen LogP contribution in [0.4, 0.5) is 0 Å². The van der Waals surface area contributed by atoms with Gasteiger partial charge in [-0.25, -0.2) is 8.42 Å². The van der Waals surface area contributed by atoms with Crippen molar-refractivity contribution in [2.75, 3.05) is 24.7 Å². The van der Waals surface area contributed by atoms with Crippen molar-refractivity contribution < 1.29 is 17.9 Å². The highest BCUT2D eigenvalue weighted by Gasteiger charge is 2.34. The molecule has 0 spiro atoms. The number of amides is 1. The summed E-state index contributed by atoms with van der Waals surface area (Å²) in [5.41, 5.74) is 0. The van der Waals surface area contributed by atoms with Crippen LogP contribution < -0.4 is 4.74 Å². The van der Waals surface area contributed by atoms with Crippen LogP contribution >= 0.6 is 23.2 Å². The van der Waals surface area contributed by atoms with Crippen LogP contribution in [0.1, 0.15) is 19.8 Å². The highest BCUT2D eigenvalue weighted by molar-refractivity contribution is 7.91. The summed E-state index contributed by atoms with van der Waals surface area (Å²) in [6, 6.07) is 4.46. The van der Waals surface area contributed by atoms with Crippen LogP contribution in [0.25, 0.3) is 0 Å². The van der Waals surface area contributed by atoms with E-state index in [1.165, 1.54) is 0 Å². The Bertz CT molecular complexity index is 658. The van der Waals surface area contributed by atoms with Crippen molar-refractivity contribution in [3.05, 3.63) is 28.2 Å². The lowest BCUT2D eigenvalue weighted by atomic mass is 10.2. The summed E-state index contributed by atoms with van der Waals surface area (Å²) in [4.78, 5) is 14.0. The first kappa shape index (κ1) is 18.4. The third-order valence-electron chi connectivity index (χ3n) is 3.63. The van der Waals surface area contributed by atoms with Gasteiger partial charge in [0.2, 0.25) is 0 Å². The third-order valence-corrected chi connectivity index (χ3v) is 5.82. The molecule has 1 atom stereocenters. The number of hydrogen-bond acceptors (Lipinski definition) is 4. The van der Waals surface area contributed by atoms with Gasteiger partial charge in [0.25, 0.3) is 5.91 Å². The van der Waals surface area contributed by atoms with Gasteiger partial charge in [-0.15, -0.1) is 0 Å². The topological polar surface area (TPSA) is 63.7 Å². The van der Waals surface area contributed by atoms with Gasteiger partial charge in [-0.2, -0.15) is 0 Å². The Kier molecular flexibility index (Phi) is 6.17. The molecule has 5 nitrogen and oxygen atoms in total. The molecular weight excluding hydrogens is 361 g/mol. The summed E-state index contributed by atoms with van der Waals surface area (Å²) < 4.78 is 28.7. The van der Waals surface area contributed by atoms with Gasteiger partial charge >= 0.3 is 0 Å². The van der Waals surface area contributed by atoms with Crippen LogP contribution in [0.5, 0.6) is 5.75 Å². The summed E-state index contributed by atoms with van der Waals surface area (Å²) in [6.45, 7) is 2.28. The normalized spacial score (nSPS) is 19.5. The van der Waals surface area contributed by atoms with Gasteiger partial charge in [0.15, 0.2) is 16.4 Å². The number of nitrogens with zero attached hydrogens (tertiary/aromatic N) is 1. The highest BCUT2D eigenvalue weighted by Crippen LogP contribution is 2.24. The van der Waals surface area contributed by atoms with Crippen LogP contribution in [0, 0.1) is 0 Å². The van der Waals surface area contributed by atoms with E-state index in [1.54, 1.807) is 23.1 Å². The Morgan fingerprint density at radius 3 is 2.48 bits per heavy atom. The zero-order chi connectivity index (χ0) is 17.0. The minimum atomic E-state index is -3.04. The molecule has 1 amide bonds. The SMILES string of the molecule is CCCN(C(=O)COc1cc(Cl)cc(Cl)c1)C1CCS(=O)(=O)C1. The Labute approximate surface area is 146 Å². The van der Waals surface area contributed by atoms with E-state index in [4.69, 9.17) is 27.9 Å². The van der Waals surface area contributed by atoms with Gasteiger partial charge in [-0.05, 0) is 31.0 Å². The molecule has 2 rings (SSSR count). The molecule has 128 valence electrons. The van der Waals surface area contributed by atoms with Crippen LogP contribution in [-0.4, -0.2) is 49.9 Å². The van der Waals surface area contributed by atoms with E-state index < -0.39 is 9.84 Å². The fourth-order valence-corrected chi connectivity index (χ4v) is 4.85. The van der Waals surface area contributed by atoms with E-state index in [2.05, 4.69) is 0 Å². The number of halogens is 2. The maximum absolute atomic E-state index is 12.4. The van der Waals surface area contributed by atoms with Crippen LogP contribution in [0.2, 0.25) is 10.0 Å². The molecule has 1 saturated heterocycles. The summed E-state index contributed by atoms with van der Waals surface area (Å²) in [5, 5.41) is 0.847. The van der Waals surface area contributed by atoms with E-state index in [0.717, 1.165) is 6.42 Å². The van der Waals surface area contributed by atoms with Crippen LogP contribution in [0.15, 0.2) is 18.2 Å². The van der Waals surface area contributed by atoms with Crippen molar-refractivity contribution in [3.8, 4) is 5.75 Å². The van der Waals surface area contributed by atoms with Crippen molar-refractivity contribution in [2.45, 2.75) is 25.8 Å². The monoisotopic (exact) mass is 379 g/mol. The summed E-state index contributed by atoms with van der Waals surface area (Å²) >= 11 is 11.8.